The van der Waals surface area contributed by atoms with Crippen LogP contribution in [0, 0.1) is 0 Å². The summed E-state index contributed by atoms with van der Waals surface area (Å²) in [6, 6.07) is 3.85. The minimum Gasteiger partial charge on any atom is -0.306 e. The molecule has 0 bridgehead atoms. The fourth-order valence-corrected chi connectivity index (χ4v) is 4.43. The average Bonchev–Trinajstić information content (AvgIpc) is 2.82. The Hall–Kier alpha value is -0.880. The van der Waals surface area contributed by atoms with Crippen molar-refractivity contribution in [3.63, 3.8) is 0 Å². The summed E-state index contributed by atoms with van der Waals surface area (Å²) in [5.41, 5.74) is 1.71. The second-order valence-corrected chi connectivity index (χ2v) is 7.44. The topological polar surface area (TPSA) is 51.4 Å². The molecule has 0 radical (unpaired) electrons. The summed E-state index contributed by atoms with van der Waals surface area (Å²) in [6.07, 6.45) is 4.52. The minimum atomic E-state index is -2.85. The summed E-state index contributed by atoms with van der Waals surface area (Å²) in [7, 11) is -2.85. The van der Waals surface area contributed by atoms with Crippen molar-refractivity contribution in [2.45, 2.75) is 12.3 Å². The van der Waals surface area contributed by atoms with E-state index in [2.05, 4.69) is 20.9 Å². The molecule has 2 aromatic rings. The van der Waals surface area contributed by atoms with Gasteiger partial charge in [-0.25, -0.2) is 13.4 Å². The Bertz CT molecular complexity index is 678. The molecule has 1 atom stereocenters. The van der Waals surface area contributed by atoms with E-state index in [-0.39, 0.29) is 17.4 Å². The van der Waals surface area contributed by atoms with Gasteiger partial charge >= 0.3 is 0 Å². The molecule has 0 spiro atoms. The highest BCUT2D eigenvalue weighted by atomic mass is 79.9. The van der Waals surface area contributed by atoms with Crippen LogP contribution in [0.2, 0.25) is 0 Å². The molecule has 90 valence electrons. The first-order valence-electron chi connectivity index (χ1n) is 5.39. The van der Waals surface area contributed by atoms with Crippen molar-refractivity contribution in [3.05, 3.63) is 34.7 Å². The number of hydrogen-bond donors (Lipinski definition) is 0. The Labute approximate surface area is 108 Å². The van der Waals surface area contributed by atoms with Crippen LogP contribution < -0.4 is 0 Å². The Morgan fingerprint density at radius 1 is 1.47 bits per heavy atom. The van der Waals surface area contributed by atoms with Crippen molar-refractivity contribution < 1.29 is 8.42 Å². The van der Waals surface area contributed by atoms with Gasteiger partial charge in [-0.15, -0.1) is 0 Å². The highest BCUT2D eigenvalue weighted by molar-refractivity contribution is 9.10. The van der Waals surface area contributed by atoms with Crippen LogP contribution in [0.5, 0.6) is 0 Å². The molecule has 0 N–H and O–H groups in total. The van der Waals surface area contributed by atoms with Gasteiger partial charge in [0.15, 0.2) is 15.5 Å². The first-order valence-corrected chi connectivity index (χ1v) is 8.00. The van der Waals surface area contributed by atoms with Gasteiger partial charge in [0, 0.05) is 18.3 Å². The average molecular weight is 315 g/mol. The number of sulfone groups is 1. The second-order valence-electron chi connectivity index (χ2n) is 4.35. The van der Waals surface area contributed by atoms with E-state index < -0.39 is 9.84 Å². The van der Waals surface area contributed by atoms with Crippen molar-refractivity contribution in [2.24, 2.45) is 0 Å². The maximum Gasteiger partial charge on any atom is 0.151 e. The molecule has 0 saturated carbocycles. The maximum atomic E-state index is 11.5. The lowest BCUT2D eigenvalue weighted by molar-refractivity contribution is 0.601. The predicted molar refractivity (Wildman–Crippen MR) is 68.9 cm³/mol. The summed E-state index contributed by atoms with van der Waals surface area (Å²) in [6.45, 7) is 0. The lowest BCUT2D eigenvalue weighted by atomic mass is 10.1. The largest absolute Gasteiger partial charge is 0.306 e. The number of imidazole rings is 1. The van der Waals surface area contributed by atoms with E-state index >= 15 is 0 Å². The van der Waals surface area contributed by atoms with E-state index in [1.165, 1.54) is 0 Å². The third-order valence-corrected chi connectivity index (χ3v) is 5.49. The van der Waals surface area contributed by atoms with E-state index in [9.17, 15) is 8.42 Å². The van der Waals surface area contributed by atoms with Crippen molar-refractivity contribution in [3.8, 4) is 0 Å². The maximum absolute atomic E-state index is 11.5. The zero-order valence-electron chi connectivity index (χ0n) is 9.01. The lowest BCUT2D eigenvalue weighted by Crippen LogP contribution is -2.03. The quantitative estimate of drug-likeness (QED) is 0.809. The number of halogens is 1. The molecule has 1 saturated heterocycles. The van der Waals surface area contributed by atoms with E-state index in [1.807, 2.05) is 28.9 Å². The van der Waals surface area contributed by atoms with E-state index in [4.69, 9.17) is 0 Å². The number of aromatic nitrogens is 2. The molecule has 2 aromatic heterocycles. The summed E-state index contributed by atoms with van der Waals surface area (Å²) in [4.78, 5) is 4.51. The summed E-state index contributed by atoms with van der Waals surface area (Å²) >= 11 is 3.44. The van der Waals surface area contributed by atoms with E-state index in [1.54, 1.807) is 0 Å². The Kier molecular flexibility index (Phi) is 2.52. The van der Waals surface area contributed by atoms with Gasteiger partial charge in [-0.2, -0.15) is 0 Å². The fraction of sp³-hybridized carbons (Fsp3) is 0.364. The molecule has 0 aromatic carbocycles. The SMILES string of the molecule is O=S1(=O)CCC(c2cn3cccc(Br)c3n2)C1. The van der Waals surface area contributed by atoms with Crippen molar-refractivity contribution in [2.75, 3.05) is 11.5 Å². The zero-order valence-corrected chi connectivity index (χ0v) is 11.4. The fourth-order valence-electron chi connectivity index (χ4n) is 2.22. The van der Waals surface area contributed by atoms with Crippen LogP contribution >= 0.6 is 15.9 Å². The monoisotopic (exact) mass is 314 g/mol. The summed E-state index contributed by atoms with van der Waals surface area (Å²) < 4.78 is 25.7. The molecule has 6 heteroatoms. The van der Waals surface area contributed by atoms with Crippen LogP contribution in [0.3, 0.4) is 0 Å². The Morgan fingerprint density at radius 3 is 2.94 bits per heavy atom. The number of fused-ring (bicyclic) bond motifs is 1. The highest BCUT2D eigenvalue weighted by Crippen LogP contribution is 2.29. The van der Waals surface area contributed by atoms with Crippen LogP contribution in [0.4, 0.5) is 0 Å². The van der Waals surface area contributed by atoms with Gasteiger partial charge in [-0.05, 0) is 34.5 Å². The van der Waals surface area contributed by atoms with Crippen molar-refractivity contribution in [1.29, 1.82) is 0 Å². The van der Waals surface area contributed by atoms with Crippen LogP contribution in [0.15, 0.2) is 29.0 Å². The molecule has 1 fully saturated rings. The predicted octanol–water partition coefficient (Wildman–Crippen LogP) is 2.00. The molecule has 1 unspecified atom stereocenters. The third-order valence-electron chi connectivity index (χ3n) is 3.10. The first kappa shape index (κ1) is 11.2. The van der Waals surface area contributed by atoms with Crippen molar-refractivity contribution in [1.82, 2.24) is 9.38 Å². The third kappa shape index (κ3) is 1.99. The van der Waals surface area contributed by atoms with E-state index in [0.29, 0.717) is 6.42 Å². The molecular formula is C11H11BrN2O2S. The molecule has 3 heterocycles. The van der Waals surface area contributed by atoms with Gasteiger partial charge in [0.1, 0.15) is 0 Å². The Balaban J connectivity index is 2.05. The zero-order chi connectivity index (χ0) is 12.0. The summed E-state index contributed by atoms with van der Waals surface area (Å²) in [5.74, 6) is 0.563. The van der Waals surface area contributed by atoms with Gasteiger partial charge in [0.25, 0.3) is 0 Å². The first-order chi connectivity index (χ1) is 8.05. The van der Waals surface area contributed by atoms with Crippen LogP contribution in [-0.4, -0.2) is 29.3 Å². The highest BCUT2D eigenvalue weighted by Gasteiger charge is 2.30. The molecule has 1 aliphatic rings. The van der Waals surface area contributed by atoms with Crippen LogP contribution in [-0.2, 0) is 9.84 Å². The van der Waals surface area contributed by atoms with Crippen LogP contribution in [0.1, 0.15) is 18.0 Å². The van der Waals surface area contributed by atoms with Gasteiger partial charge < -0.3 is 4.40 Å². The second kappa shape index (κ2) is 3.81. The van der Waals surface area contributed by atoms with Crippen LogP contribution in [0.25, 0.3) is 5.65 Å². The smallest absolute Gasteiger partial charge is 0.151 e. The molecule has 3 rings (SSSR count). The summed E-state index contributed by atoms with van der Waals surface area (Å²) in [5, 5.41) is 0. The number of nitrogens with zero attached hydrogens (tertiary/aromatic N) is 2. The molecule has 0 amide bonds. The standard InChI is InChI=1S/C11H11BrN2O2S/c12-9-2-1-4-14-6-10(13-11(9)14)8-3-5-17(15,16)7-8/h1-2,4,6,8H,3,5,7H2. The van der Waals surface area contributed by atoms with E-state index in [0.717, 1.165) is 15.8 Å². The van der Waals surface area contributed by atoms with Gasteiger partial charge in [-0.1, -0.05) is 0 Å². The molecular weight excluding hydrogens is 304 g/mol. The molecule has 4 nitrogen and oxygen atoms in total. The normalized spacial score (nSPS) is 23.2. The van der Waals surface area contributed by atoms with Crippen molar-refractivity contribution >= 4 is 31.4 Å². The Morgan fingerprint density at radius 2 is 2.29 bits per heavy atom. The lowest BCUT2D eigenvalue weighted by Gasteiger charge is -2.00. The minimum absolute atomic E-state index is 0.0480. The number of rotatable bonds is 1. The number of hydrogen-bond acceptors (Lipinski definition) is 3. The molecule has 1 aliphatic heterocycles. The number of pyridine rings is 1. The van der Waals surface area contributed by atoms with Gasteiger partial charge in [-0.3, -0.25) is 0 Å². The van der Waals surface area contributed by atoms with Gasteiger partial charge in [0.05, 0.1) is 21.7 Å². The van der Waals surface area contributed by atoms with Gasteiger partial charge in [0.2, 0.25) is 0 Å². The molecule has 17 heavy (non-hydrogen) atoms. The molecule has 0 aliphatic carbocycles.